The van der Waals surface area contributed by atoms with Gasteiger partial charge in [-0.2, -0.15) is 0 Å². The number of carbonyl (C=O) groups excluding carboxylic acids is 1. The van der Waals surface area contributed by atoms with Gasteiger partial charge in [0.2, 0.25) is 0 Å². The summed E-state index contributed by atoms with van der Waals surface area (Å²) in [6.45, 7) is 2.36. The summed E-state index contributed by atoms with van der Waals surface area (Å²) in [6, 6.07) is 7.33. The summed E-state index contributed by atoms with van der Waals surface area (Å²) in [5.74, 6) is -0.285. The van der Waals surface area contributed by atoms with Gasteiger partial charge in [0.1, 0.15) is 6.61 Å². The van der Waals surface area contributed by atoms with Crippen molar-refractivity contribution in [2.75, 3.05) is 6.61 Å². The molecular formula is C13H16O3S. The molecule has 0 bridgehead atoms. The smallest absolute Gasteiger partial charge is 0.338 e. The minimum atomic E-state index is -0.293. The number of aliphatic hydroxyl groups is 1. The molecule has 1 heterocycles. The Morgan fingerprint density at radius 1 is 1.41 bits per heavy atom. The lowest BCUT2D eigenvalue weighted by Gasteiger charge is -2.10. The predicted molar refractivity (Wildman–Crippen MR) is 68.1 cm³/mol. The Morgan fingerprint density at radius 3 is 2.71 bits per heavy atom. The van der Waals surface area contributed by atoms with E-state index in [9.17, 15) is 9.90 Å². The number of aryl methyl sites for hydroxylation is 1. The first-order chi connectivity index (χ1) is 8.15. The van der Waals surface area contributed by atoms with E-state index < -0.39 is 0 Å². The highest BCUT2D eigenvalue weighted by atomic mass is 32.2. The van der Waals surface area contributed by atoms with Gasteiger partial charge in [0.05, 0.1) is 11.0 Å². The first-order valence-corrected chi connectivity index (χ1v) is 6.67. The van der Waals surface area contributed by atoms with E-state index in [-0.39, 0.29) is 16.7 Å². The third kappa shape index (κ3) is 3.48. The summed E-state index contributed by atoms with van der Waals surface area (Å²) in [5, 5.41) is 9.57. The van der Waals surface area contributed by atoms with Crippen molar-refractivity contribution in [3.8, 4) is 0 Å². The van der Waals surface area contributed by atoms with Crippen LogP contribution < -0.4 is 0 Å². The fourth-order valence-corrected chi connectivity index (χ4v) is 2.89. The number of ether oxygens (including phenoxy) is 1. The van der Waals surface area contributed by atoms with Crippen LogP contribution in [0.25, 0.3) is 0 Å². The lowest BCUT2D eigenvalue weighted by molar-refractivity contribution is 0.0506. The van der Waals surface area contributed by atoms with Gasteiger partial charge in [0.15, 0.2) is 0 Å². The molecule has 4 heteroatoms. The average Bonchev–Trinajstić information content (AvgIpc) is 2.73. The third-order valence-electron chi connectivity index (χ3n) is 2.77. The monoisotopic (exact) mass is 252 g/mol. The van der Waals surface area contributed by atoms with Crippen LogP contribution in [0.3, 0.4) is 0 Å². The van der Waals surface area contributed by atoms with Crippen molar-refractivity contribution < 1.29 is 14.6 Å². The zero-order valence-corrected chi connectivity index (χ0v) is 10.6. The Kier molecular flexibility index (Phi) is 4.07. The van der Waals surface area contributed by atoms with Crippen LogP contribution in [-0.2, 0) is 4.74 Å². The van der Waals surface area contributed by atoms with Gasteiger partial charge < -0.3 is 9.84 Å². The molecule has 3 nitrogen and oxygen atoms in total. The van der Waals surface area contributed by atoms with E-state index in [4.69, 9.17) is 4.74 Å². The second kappa shape index (κ2) is 5.56. The van der Waals surface area contributed by atoms with Gasteiger partial charge >= 0.3 is 5.97 Å². The van der Waals surface area contributed by atoms with Crippen LogP contribution in [0, 0.1) is 6.92 Å². The van der Waals surface area contributed by atoms with E-state index in [0.717, 1.165) is 18.4 Å². The molecule has 92 valence electrons. The molecule has 2 atom stereocenters. The first kappa shape index (κ1) is 12.5. The Balaban J connectivity index is 1.83. The fraction of sp³-hybridized carbons (Fsp3) is 0.462. The van der Waals surface area contributed by atoms with Crippen LogP contribution >= 0.6 is 11.8 Å². The molecule has 1 aromatic carbocycles. The van der Waals surface area contributed by atoms with Crippen molar-refractivity contribution in [3.63, 3.8) is 0 Å². The number of carbonyl (C=O) groups is 1. The SMILES string of the molecule is Cc1ccc(C(=O)OC[C@@H]2CCC(O)S2)cc1. The highest BCUT2D eigenvalue weighted by Crippen LogP contribution is 2.31. The Labute approximate surface area is 105 Å². The zero-order valence-electron chi connectivity index (χ0n) is 9.76. The highest BCUT2D eigenvalue weighted by Gasteiger charge is 2.24. The van der Waals surface area contributed by atoms with E-state index in [0.29, 0.717) is 12.2 Å². The molecule has 0 saturated carbocycles. The second-order valence-electron chi connectivity index (χ2n) is 4.25. The summed E-state index contributed by atoms with van der Waals surface area (Å²) < 4.78 is 5.23. The van der Waals surface area contributed by atoms with Gasteiger partial charge in [0, 0.05) is 5.25 Å². The summed E-state index contributed by atoms with van der Waals surface area (Å²) in [5.41, 5.74) is 1.41. The largest absolute Gasteiger partial charge is 0.461 e. The molecule has 2 rings (SSSR count). The number of hydrogen-bond donors (Lipinski definition) is 1. The molecule has 0 radical (unpaired) electrons. The molecule has 0 spiro atoms. The van der Waals surface area contributed by atoms with Crippen LogP contribution in [0.5, 0.6) is 0 Å². The van der Waals surface area contributed by atoms with Gasteiger partial charge in [0.25, 0.3) is 0 Å². The highest BCUT2D eigenvalue weighted by molar-refractivity contribution is 8.00. The van der Waals surface area contributed by atoms with Crippen molar-refractivity contribution in [3.05, 3.63) is 35.4 Å². The van der Waals surface area contributed by atoms with Crippen molar-refractivity contribution in [1.29, 1.82) is 0 Å². The van der Waals surface area contributed by atoms with Crippen LogP contribution in [0.15, 0.2) is 24.3 Å². The minimum absolute atomic E-state index is 0.236. The van der Waals surface area contributed by atoms with E-state index in [1.807, 2.05) is 19.1 Å². The predicted octanol–water partition coefficient (Wildman–Crippen LogP) is 2.37. The van der Waals surface area contributed by atoms with Gasteiger partial charge in [-0.15, -0.1) is 11.8 Å². The number of esters is 1. The number of rotatable bonds is 3. The van der Waals surface area contributed by atoms with Gasteiger partial charge in [-0.1, -0.05) is 17.7 Å². The molecule has 1 aliphatic heterocycles. The maximum absolute atomic E-state index is 11.7. The summed E-state index contributed by atoms with van der Waals surface area (Å²) in [4.78, 5) is 11.7. The quantitative estimate of drug-likeness (QED) is 0.839. The fourth-order valence-electron chi connectivity index (χ4n) is 1.75. The van der Waals surface area contributed by atoms with E-state index in [1.54, 1.807) is 12.1 Å². The average molecular weight is 252 g/mol. The van der Waals surface area contributed by atoms with Crippen molar-refractivity contribution >= 4 is 17.7 Å². The third-order valence-corrected chi connectivity index (χ3v) is 4.08. The van der Waals surface area contributed by atoms with Crippen molar-refractivity contribution in [2.24, 2.45) is 0 Å². The number of aliphatic hydroxyl groups excluding tert-OH is 1. The Hall–Kier alpha value is -1.00. The number of hydrogen-bond acceptors (Lipinski definition) is 4. The lowest BCUT2D eigenvalue weighted by Crippen LogP contribution is -2.14. The Bertz CT molecular complexity index is 388. The molecular weight excluding hydrogens is 236 g/mol. The van der Waals surface area contributed by atoms with E-state index in [2.05, 4.69) is 0 Å². The molecule has 1 N–H and O–H groups in total. The molecule has 0 aromatic heterocycles. The molecule has 0 amide bonds. The lowest BCUT2D eigenvalue weighted by atomic mass is 10.1. The van der Waals surface area contributed by atoms with E-state index in [1.165, 1.54) is 11.8 Å². The molecule has 1 unspecified atom stereocenters. The molecule has 0 aliphatic carbocycles. The molecule has 17 heavy (non-hydrogen) atoms. The summed E-state index contributed by atoms with van der Waals surface area (Å²) in [6.07, 6.45) is 1.70. The van der Waals surface area contributed by atoms with Crippen molar-refractivity contribution in [2.45, 2.75) is 30.5 Å². The topological polar surface area (TPSA) is 46.5 Å². The van der Waals surface area contributed by atoms with Crippen LogP contribution in [0.1, 0.15) is 28.8 Å². The molecule has 1 aromatic rings. The molecule has 1 saturated heterocycles. The standard InChI is InChI=1S/C13H16O3S/c1-9-2-4-10(5-3-9)13(15)16-8-11-6-7-12(14)17-11/h2-5,11-12,14H,6-8H2,1H3/t11-,12?/m0/s1. The van der Waals surface area contributed by atoms with Crippen LogP contribution in [-0.4, -0.2) is 28.4 Å². The molecule has 1 aliphatic rings. The normalized spacial score (nSPS) is 23.6. The second-order valence-corrected chi connectivity index (χ2v) is 5.74. The number of benzene rings is 1. The van der Waals surface area contributed by atoms with Crippen LogP contribution in [0.2, 0.25) is 0 Å². The molecule has 1 fully saturated rings. The number of thioether (sulfide) groups is 1. The van der Waals surface area contributed by atoms with Crippen LogP contribution in [0.4, 0.5) is 0 Å². The van der Waals surface area contributed by atoms with Gasteiger partial charge in [-0.3, -0.25) is 0 Å². The first-order valence-electron chi connectivity index (χ1n) is 5.72. The summed E-state index contributed by atoms with van der Waals surface area (Å²) in [7, 11) is 0. The zero-order chi connectivity index (χ0) is 12.3. The maximum Gasteiger partial charge on any atom is 0.338 e. The minimum Gasteiger partial charge on any atom is -0.461 e. The van der Waals surface area contributed by atoms with Gasteiger partial charge in [-0.05, 0) is 31.9 Å². The summed E-state index contributed by atoms with van der Waals surface area (Å²) >= 11 is 1.48. The maximum atomic E-state index is 11.7. The van der Waals surface area contributed by atoms with Crippen molar-refractivity contribution in [1.82, 2.24) is 0 Å². The van der Waals surface area contributed by atoms with E-state index >= 15 is 0 Å². The Morgan fingerprint density at radius 2 is 2.12 bits per heavy atom. The van der Waals surface area contributed by atoms with Gasteiger partial charge in [-0.25, -0.2) is 4.79 Å².